The Balaban J connectivity index is 2.46. The van der Waals surface area contributed by atoms with Crippen LogP contribution in [0.1, 0.15) is 52.9 Å². The van der Waals surface area contributed by atoms with Crippen LogP contribution in [0.4, 0.5) is 0 Å². The van der Waals surface area contributed by atoms with Gasteiger partial charge in [-0.2, -0.15) is 5.26 Å². The quantitative estimate of drug-likeness (QED) is 0.708. The van der Waals surface area contributed by atoms with E-state index in [4.69, 9.17) is 5.26 Å². The average Bonchev–Trinajstić information content (AvgIpc) is 2.37. The predicted octanol–water partition coefficient (Wildman–Crippen LogP) is 3.09. The lowest BCUT2D eigenvalue weighted by atomic mass is 9.92. The normalized spacial score (nSPS) is 28.1. The van der Waals surface area contributed by atoms with Crippen LogP contribution in [-0.2, 0) is 0 Å². The summed E-state index contributed by atoms with van der Waals surface area (Å²) in [6.07, 6.45) is 6.06. The SMILES string of the molecule is CC(C)(C)CNC1CCCCCC1C#N. The lowest BCUT2D eigenvalue weighted by Crippen LogP contribution is -2.39. The maximum Gasteiger partial charge on any atom is 0.0672 e. The van der Waals surface area contributed by atoms with Gasteiger partial charge < -0.3 is 5.32 Å². The van der Waals surface area contributed by atoms with Crippen molar-refractivity contribution in [3.05, 3.63) is 0 Å². The lowest BCUT2D eigenvalue weighted by Gasteiger charge is -2.26. The van der Waals surface area contributed by atoms with Crippen molar-refractivity contribution < 1.29 is 0 Å². The summed E-state index contributed by atoms with van der Waals surface area (Å²) in [6.45, 7) is 7.71. The van der Waals surface area contributed by atoms with E-state index >= 15 is 0 Å². The molecule has 1 N–H and O–H groups in total. The van der Waals surface area contributed by atoms with Crippen LogP contribution >= 0.6 is 0 Å². The van der Waals surface area contributed by atoms with E-state index in [1.165, 1.54) is 25.7 Å². The maximum absolute atomic E-state index is 9.13. The number of nitriles is 1. The number of rotatable bonds is 2. The van der Waals surface area contributed by atoms with Gasteiger partial charge in [-0.15, -0.1) is 0 Å². The number of nitrogens with zero attached hydrogens (tertiary/aromatic N) is 1. The van der Waals surface area contributed by atoms with Gasteiger partial charge in [0.1, 0.15) is 0 Å². The summed E-state index contributed by atoms with van der Waals surface area (Å²) in [5.74, 6) is 0.231. The summed E-state index contributed by atoms with van der Waals surface area (Å²) >= 11 is 0. The monoisotopic (exact) mass is 208 g/mol. The molecule has 2 heteroatoms. The zero-order valence-electron chi connectivity index (χ0n) is 10.3. The summed E-state index contributed by atoms with van der Waals surface area (Å²) in [5, 5.41) is 12.7. The van der Waals surface area contributed by atoms with Gasteiger partial charge in [0, 0.05) is 12.6 Å². The Morgan fingerprint density at radius 1 is 1.20 bits per heavy atom. The molecule has 1 aliphatic rings. The first-order chi connectivity index (χ1) is 7.03. The van der Waals surface area contributed by atoms with Gasteiger partial charge >= 0.3 is 0 Å². The molecule has 0 radical (unpaired) electrons. The van der Waals surface area contributed by atoms with Gasteiger partial charge in [-0.25, -0.2) is 0 Å². The van der Waals surface area contributed by atoms with E-state index in [2.05, 4.69) is 32.2 Å². The van der Waals surface area contributed by atoms with Crippen LogP contribution in [0.15, 0.2) is 0 Å². The molecule has 0 bridgehead atoms. The third-order valence-electron chi connectivity index (χ3n) is 3.08. The smallest absolute Gasteiger partial charge is 0.0672 e. The Morgan fingerprint density at radius 2 is 1.87 bits per heavy atom. The van der Waals surface area contributed by atoms with E-state index in [9.17, 15) is 0 Å². The second kappa shape index (κ2) is 5.51. The van der Waals surface area contributed by atoms with E-state index in [1.807, 2.05) is 0 Å². The van der Waals surface area contributed by atoms with Crippen molar-refractivity contribution >= 4 is 0 Å². The van der Waals surface area contributed by atoms with Crippen molar-refractivity contribution in [1.29, 1.82) is 5.26 Å². The highest BCUT2D eigenvalue weighted by Crippen LogP contribution is 2.23. The minimum Gasteiger partial charge on any atom is -0.312 e. The molecular weight excluding hydrogens is 184 g/mol. The summed E-state index contributed by atoms with van der Waals surface area (Å²) < 4.78 is 0. The minimum atomic E-state index is 0.231. The molecule has 0 heterocycles. The molecule has 0 aliphatic heterocycles. The Labute approximate surface area is 94.1 Å². The van der Waals surface area contributed by atoms with Gasteiger partial charge in [0.25, 0.3) is 0 Å². The molecule has 0 aromatic rings. The van der Waals surface area contributed by atoms with Crippen LogP contribution in [0.5, 0.6) is 0 Å². The number of nitrogens with one attached hydrogen (secondary N) is 1. The largest absolute Gasteiger partial charge is 0.312 e. The fourth-order valence-corrected chi connectivity index (χ4v) is 2.14. The molecule has 1 saturated carbocycles. The Bertz CT molecular complexity index is 222. The molecule has 0 saturated heterocycles. The first-order valence-electron chi connectivity index (χ1n) is 6.16. The van der Waals surface area contributed by atoms with Crippen molar-refractivity contribution in [2.24, 2.45) is 11.3 Å². The first kappa shape index (κ1) is 12.5. The molecule has 0 spiro atoms. The highest BCUT2D eigenvalue weighted by molar-refractivity contribution is 4.93. The molecule has 15 heavy (non-hydrogen) atoms. The van der Waals surface area contributed by atoms with Crippen LogP contribution in [0, 0.1) is 22.7 Å². The Kier molecular flexibility index (Phi) is 4.60. The zero-order chi connectivity index (χ0) is 11.3. The van der Waals surface area contributed by atoms with Crippen molar-refractivity contribution in [3.8, 4) is 6.07 Å². The fraction of sp³-hybridized carbons (Fsp3) is 0.923. The van der Waals surface area contributed by atoms with Crippen LogP contribution in [0.2, 0.25) is 0 Å². The van der Waals surface area contributed by atoms with Gasteiger partial charge in [0.2, 0.25) is 0 Å². The molecule has 2 nitrogen and oxygen atoms in total. The van der Waals surface area contributed by atoms with E-state index in [0.717, 1.165) is 13.0 Å². The molecule has 1 fully saturated rings. The van der Waals surface area contributed by atoms with Gasteiger partial charge in [-0.1, -0.05) is 40.0 Å². The van der Waals surface area contributed by atoms with E-state index in [1.54, 1.807) is 0 Å². The van der Waals surface area contributed by atoms with Gasteiger partial charge in [-0.05, 0) is 18.3 Å². The fourth-order valence-electron chi connectivity index (χ4n) is 2.14. The average molecular weight is 208 g/mol. The van der Waals surface area contributed by atoms with E-state index in [0.29, 0.717) is 11.5 Å². The molecule has 1 rings (SSSR count). The van der Waals surface area contributed by atoms with Crippen molar-refractivity contribution in [1.82, 2.24) is 5.32 Å². The third kappa shape index (κ3) is 4.66. The summed E-state index contributed by atoms with van der Waals surface area (Å²) in [4.78, 5) is 0. The van der Waals surface area contributed by atoms with Crippen LogP contribution in [-0.4, -0.2) is 12.6 Å². The van der Waals surface area contributed by atoms with Crippen LogP contribution < -0.4 is 5.32 Å². The molecule has 0 aromatic carbocycles. The number of hydrogen-bond donors (Lipinski definition) is 1. The summed E-state index contributed by atoms with van der Waals surface area (Å²) in [5.41, 5.74) is 0.312. The highest BCUT2D eigenvalue weighted by Gasteiger charge is 2.24. The van der Waals surface area contributed by atoms with Gasteiger partial charge in [-0.3, -0.25) is 0 Å². The lowest BCUT2D eigenvalue weighted by molar-refractivity contribution is 0.313. The molecule has 0 aromatic heterocycles. The number of hydrogen-bond acceptors (Lipinski definition) is 2. The standard InChI is InChI=1S/C13H24N2/c1-13(2,3)10-15-12-8-6-4-5-7-11(12)9-14/h11-12,15H,4-8,10H2,1-3H3. The van der Waals surface area contributed by atoms with Gasteiger partial charge in [0.15, 0.2) is 0 Å². The topological polar surface area (TPSA) is 35.8 Å². The minimum absolute atomic E-state index is 0.231. The highest BCUT2D eigenvalue weighted by atomic mass is 14.9. The first-order valence-corrected chi connectivity index (χ1v) is 6.16. The Hall–Kier alpha value is -0.550. The van der Waals surface area contributed by atoms with E-state index < -0.39 is 0 Å². The molecule has 86 valence electrons. The van der Waals surface area contributed by atoms with Crippen LogP contribution in [0.3, 0.4) is 0 Å². The molecule has 0 amide bonds. The van der Waals surface area contributed by atoms with E-state index in [-0.39, 0.29) is 5.92 Å². The third-order valence-corrected chi connectivity index (χ3v) is 3.08. The molecule has 1 aliphatic carbocycles. The zero-order valence-corrected chi connectivity index (χ0v) is 10.3. The molecule has 2 unspecified atom stereocenters. The second-order valence-electron chi connectivity index (χ2n) is 5.92. The summed E-state index contributed by atoms with van der Waals surface area (Å²) in [6, 6.07) is 2.90. The second-order valence-corrected chi connectivity index (χ2v) is 5.92. The Morgan fingerprint density at radius 3 is 2.47 bits per heavy atom. The summed E-state index contributed by atoms with van der Waals surface area (Å²) in [7, 11) is 0. The van der Waals surface area contributed by atoms with Gasteiger partial charge in [0.05, 0.1) is 12.0 Å². The van der Waals surface area contributed by atoms with Crippen molar-refractivity contribution in [2.45, 2.75) is 58.9 Å². The predicted molar refractivity (Wildman–Crippen MR) is 63.4 cm³/mol. The van der Waals surface area contributed by atoms with Crippen molar-refractivity contribution in [2.75, 3.05) is 6.54 Å². The maximum atomic E-state index is 9.13. The van der Waals surface area contributed by atoms with Crippen LogP contribution in [0.25, 0.3) is 0 Å². The molecule has 2 atom stereocenters. The molecular formula is C13H24N2. The van der Waals surface area contributed by atoms with Crippen molar-refractivity contribution in [3.63, 3.8) is 0 Å².